The molecule has 7 heteroatoms. The number of aromatic amines is 1. The SMILES string of the molecule is COc1cccc(CCC(=O)N2CC(c3nc(-c4ccncc4)n[nH]3)C3(CCC3)C2)c1. The van der Waals surface area contributed by atoms with Gasteiger partial charge in [0, 0.05) is 43.4 Å². The maximum Gasteiger partial charge on any atom is 0.222 e. The Labute approximate surface area is 181 Å². The fourth-order valence-corrected chi connectivity index (χ4v) is 4.97. The number of methoxy groups -OCH3 is 1. The zero-order valence-electron chi connectivity index (χ0n) is 17.8. The fourth-order valence-electron chi connectivity index (χ4n) is 4.97. The number of rotatable bonds is 6. The lowest BCUT2D eigenvalue weighted by atomic mass is 9.62. The highest BCUT2D eigenvalue weighted by molar-refractivity contribution is 5.77. The van der Waals surface area contributed by atoms with E-state index in [0.29, 0.717) is 18.8 Å². The summed E-state index contributed by atoms with van der Waals surface area (Å²) >= 11 is 0. The number of nitrogens with zero attached hydrogens (tertiary/aromatic N) is 4. The molecule has 0 bridgehead atoms. The van der Waals surface area contributed by atoms with Crippen molar-refractivity contribution in [1.29, 1.82) is 0 Å². The molecule has 2 fully saturated rings. The van der Waals surface area contributed by atoms with E-state index in [4.69, 9.17) is 9.72 Å². The molecule has 31 heavy (non-hydrogen) atoms. The number of nitrogens with one attached hydrogen (secondary N) is 1. The molecule has 3 aromatic rings. The Bertz CT molecular complexity index is 1060. The first-order valence-corrected chi connectivity index (χ1v) is 10.9. The molecular weight excluding hydrogens is 390 g/mol. The number of likely N-dealkylation sites (tertiary alicyclic amines) is 1. The number of aromatic nitrogens is 4. The number of hydrogen-bond donors (Lipinski definition) is 1. The van der Waals surface area contributed by atoms with E-state index < -0.39 is 0 Å². The van der Waals surface area contributed by atoms with Gasteiger partial charge in [0.05, 0.1) is 7.11 Å². The van der Waals surface area contributed by atoms with E-state index in [1.165, 1.54) is 6.42 Å². The Hall–Kier alpha value is -3.22. The van der Waals surface area contributed by atoms with E-state index in [0.717, 1.165) is 48.5 Å². The third-order valence-corrected chi connectivity index (χ3v) is 6.88. The van der Waals surface area contributed by atoms with E-state index in [1.54, 1.807) is 19.5 Å². The Morgan fingerprint density at radius 3 is 2.84 bits per heavy atom. The molecule has 1 aromatic carbocycles. The van der Waals surface area contributed by atoms with Crippen LogP contribution < -0.4 is 4.74 Å². The molecule has 2 aromatic heterocycles. The van der Waals surface area contributed by atoms with E-state index in [1.807, 2.05) is 41.3 Å². The maximum atomic E-state index is 13.0. The summed E-state index contributed by atoms with van der Waals surface area (Å²) < 4.78 is 5.29. The van der Waals surface area contributed by atoms with Crippen LogP contribution in [0.4, 0.5) is 0 Å². The third kappa shape index (κ3) is 3.80. The van der Waals surface area contributed by atoms with Crippen LogP contribution in [0.25, 0.3) is 11.4 Å². The van der Waals surface area contributed by atoms with Gasteiger partial charge in [0.15, 0.2) is 5.82 Å². The summed E-state index contributed by atoms with van der Waals surface area (Å²) in [4.78, 5) is 23.9. The number of H-pyrrole nitrogens is 1. The topological polar surface area (TPSA) is 84.0 Å². The molecule has 1 saturated carbocycles. The van der Waals surface area contributed by atoms with Crippen molar-refractivity contribution < 1.29 is 9.53 Å². The molecule has 160 valence electrons. The molecule has 1 unspecified atom stereocenters. The first-order chi connectivity index (χ1) is 15.2. The van der Waals surface area contributed by atoms with E-state index in [9.17, 15) is 4.79 Å². The van der Waals surface area contributed by atoms with Gasteiger partial charge in [-0.15, -0.1) is 0 Å². The van der Waals surface area contributed by atoms with Crippen molar-refractivity contribution >= 4 is 5.91 Å². The van der Waals surface area contributed by atoms with Crippen molar-refractivity contribution in [3.8, 4) is 17.1 Å². The number of hydrogen-bond acceptors (Lipinski definition) is 5. The molecule has 7 nitrogen and oxygen atoms in total. The lowest BCUT2D eigenvalue weighted by Gasteiger charge is -2.41. The van der Waals surface area contributed by atoms with Gasteiger partial charge in [-0.05, 0) is 54.5 Å². The maximum absolute atomic E-state index is 13.0. The van der Waals surface area contributed by atoms with Crippen LogP contribution in [-0.2, 0) is 11.2 Å². The predicted octanol–water partition coefficient (Wildman–Crippen LogP) is 3.60. The van der Waals surface area contributed by atoms with Crippen LogP contribution in [0.2, 0.25) is 0 Å². The smallest absolute Gasteiger partial charge is 0.222 e. The minimum atomic E-state index is 0.140. The van der Waals surface area contributed by atoms with Gasteiger partial charge in [-0.1, -0.05) is 18.6 Å². The quantitative estimate of drug-likeness (QED) is 0.662. The average Bonchev–Trinajstić information content (AvgIpc) is 3.43. The first-order valence-electron chi connectivity index (χ1n) is 10.9. The Morgan fingerprint density at radius 2 is 2.10 bits per heavy atom. The van der Waals surface area contributed by atoms with Crippen LogP contribution in [0.3, 0.4) is 0 Å². The second-order valence-electron chi connectivity index (χ2n) is 8.67. The second-order valence-corrected chi connectivity index (χ2v) is 8.67. The van der Waals surface area contributed by atoms with Crippen LogP contribution in [0, 0.1) is 5.41 Å². The van der Waals surface area contributed by atoms with Crippen LogP contribution in [-0.4, -0.2) is 51.2 Å². The highest BCUT2D eigenvalue weighted by atomic mass is 16.5. The summed E-state index contributed by atoms with van der Waals surface area (Å²) in [7, 11) is 1.66. The molecule has 2 aliphatic rings. The molecule has 1 aliphatic heterocycles. The van der Waals surface area contributed by atoms with Crippen LogP contribution >= 0.6 is 0 Å². The molecule has 0 radical (unpaired) electrons. The number of carbonyl (C=O) groups excluding carboxylic acids is 1. The van der Waals surface area contributed by atoms with Gasteiger partial charge in [-0.2, -0.15) is 5.10 Å². The van der Waals surface area contributed by atoms with Gasteiger partial charge in [0.1, 0.15) is 11.6 Å². The lowest BCUT2D eigenvalue weighted by molar-refractivity contribution is -0.130. The highest BCUT2D eigenvalue weighted by Gasteiger charge is 2.53. The summed E-state index contributed by atoms with van der Waals surface area (Å²) in [6, 6.07) is 11.8. The van der Waals surface area contributed by atoms with Crippen molar-refractivity contribution in [2.75, 3.05) is 20.2 Å². The summed E-state index contributed by atoms with van der Waals surface area (Å²) in [6.45, 7) is 1.53. The van der Waals surface area contributed by atoms with E-state index in [2.05, 4.69) is 15.2 Å². The number of pyridine rings is 1. The van der Waals surface area contributed by atoms with E-state index >= 15 is 0 Å². The van der Waals surface area contributed by atoms with Gasteiger partial charge in [0.2, 0.25) is 5.91 Å². The molecule has 1 atom stereocenters. The van der Waals surface area contributed by atoms with Crippen molar-refractivity contribution in [2.45, 2.75) is 38.0 Å². The Morgan fingerprint density at radius 1 is 1.26 bits per heavy atom. The molecule has 1 amide bonds. The first kappa shape index (κ1) is 19.7. The molecular formula is C24H27N5O2. The molecule has 3 heterocycles. The summed E-state index contributed by atoms with van der Waals surface area (Å²) in [6.07, 6.45) is 8.22. The third-order valence-electron chi connectivity index (χ3n) is 6.88. The number of benzene rings is 1. The molecule has 1 spiro atoms. The summed E-state index contributed by atoms with van der Waals surface area (Å²) in [5.74, 6) is 2.84. The van der Waals surface area contributed by atoms with Gasteiger partial charge in [0.25, 0.3) is 0 Å². The number of aryl methyl sites for hydroxylation is 1. The van der Waals surface area contributed by atoms with Crippen molar-refractivity contribution in [1.82, 2.24) is 25.1 Å². The minimum absolute atomic E-state index is 0.140. The minimum Gasteiger partial charge on any atom is -0.497 e. The zero-order chi connectivity index (χ0) is 21.3. The number of carbonyl (C=O) groups is 1. The van der Waals surface area contributed by atoms with Crippen LogP contribution in [0.5, 0.6) is 5.75 Å². The predicted molar refractivity (Wildman–Crippen MR) is 117 cm³/mol. The van der Waals surface area contributed by atoms with Crippen molar-refractivity contribution in [2.24, 2.45) is 5.41 Å². The fraction of sp³-hybridized carbons (Fsp3) is 0.417. The number of ether oxygens (including phenoxy) is 1. The van der Waals surface area contributed by atoms with Gasteiger partial charge in [-0.25, -0.2) is 4.98 Å². The molecule has 5 rings (SSSR count). The van der Waals surface area contributed by atoms with Crippen molar-refractivity contribution in [3.63, 3.8) is 0 Å². The van der Waals surface area contributed by atoms with E-state index in [-0.39, 0.29) is 17.2 Å². The standard InChI is InChI=1S/C24H27N5O2/c1-31-19-5-2-4-17(14-19)6-7-21(30)29-15-20(24(16-29)10-3-11-24)23-26-22(27-28-23)18-8-12-25-13-9-18/h2,4-5,8-9,12-14,20H,3,6-7,10-11,15-16H2,1H3,(H,26,27,28). The van der Waals surface area contributed by atoms with Gasteiger partial charge >= 0.3 is 0 Å². The van der Waals surface area contributed by atoms with Gasteiger partial charge < -0.3 is 9.64 Å². The van der Waals surface area contributed by atoms with Crippen molar-refractivity contribution in [3.05, 3.63) is 60.2 Å². The Balaban J connectivity index is 1.28. The summed E-state index contributed by atoms with van der Waals surface area (Å²) in [5.41, 5.74) is 2.21. The Kier molecular flexibility index (Phi) is 5.18. The second kappa shape index (κ2) is 8.13. The van der Waals surface area contributed by atoms with Crippen LogP contribution in [0.1, 0.15) is 43.0 Å². The average molecular weight is 418 g/mol. The highest BCUT2D eigenvalue weighted by Crippen LogP contribution is 2.55. The lowest BCUT2D eigenvalue weighted by Crippen LogP contribution is -2.38. The number of amides is 1. The normalized spacial score (nSPS) is 19.4. The monoisotopic (exact) mass is 417 g/mol. The van der Waals surface area contributed by atoms with Crippen LogP contribution in [0.15, 0.2) is 48.8 Å². The zero-order valence-corrected chi connectivity index (χ0v) is 17.8. The summed E-state index contributed by atoms with van der Waals surface area (Å²) in [5, 5.41) is 7.60. The largest absolute Gasteiger partial charge is 0.497 e. The molecule has 1 N–H and O–H groups in total. The van der Waals surface area contributed by atoms with Gasteiger partial charge in [-0.3, -0.25) is 14.9 Å². The molecule has 1 aliphatic carbocycles. The molecule has 1 saturated heterocycles.